The van der Waals surface area contributed by atoms with Crippen molar-refractivity contribution in [3.8, 4) is 23.3 Å². The third-order valence-corrected chi connectivity index (χ3v) is 4.77. The summed E-state index contributed by atoms with van der Waals surface area (Å²) in [6, 6.07) is 2.41. The molecule has 1 heterocycles. The zero-order valence-electron chi connectivity index (χ0n) is 18.2. The van der Waals surface area contributed by atoms with Crippen LogP contribution in [0.1, 0.15) is 12.0 Å². The number of hydrogen-bond donors (Lipinski definition) is 3. The molecule has 1 saturated heterocycles. The van der Waals surface area contributed by atoms with Gasteiger partial charge in [0.15, 0.2) is 11.6 Å². The number of primary amides is 1. The minimum atomic E-state index is -0.856. The summed E-state index contributed by atoms with van der Waals surface area (Å²) in [6.45, 7) is 4.26. The van der Waals surface area contributed by atoms with E-state index >= 15 is 0 Å². The number of likely N-dealkylation sites (tertiary alicyclic amines) is 1. The van der Waals surface area contributed by atoms with Crippen molar-refractivity contribution in [2.75, 3.05) is 34.4 Å². The second-order valence-corrected chi connectivity index (χ2v) is 6.75. The second-order valence-electron chi connectivity index (χ2n) is 6.75. The molecule has 32 heavy (non-hydrogen) atoms. The van der Waals surface area contributed by atoms with E-state index in [2.05, 4.69) is 28.7 Å². The van der Waals surface area contributed by atoms with Gasteiger partial charge in [0.1, 0.15) is 22.9 Å². The van der Waals surface area contributed by atoms with Gasteiger partial charge in [0, 0.05) is 26.2 Å². The van der Waals surface area contributed by atoms with Crippen molar-refractivity contribution in [3.05, 3.63) is 47.6 Å². The van der Waals surface area contributed by atoms with Gasteiger partial charge < -0.3 is 31.2 Å². The smallest absolute Gasteiger partial charge is 0.255 e. The highest BCUT2D eigenvalue weighted by Crippen LogP contribution is 2.26. The lowest BCUT2D eigenvalue weighted by molar-refractivity contribution is -0.125. The number of nitrogens with one attached hydrogen (secondary N) is 1. The number of nitrogens with two attached hydrogens (primary N) is 2. The molecule has 0 aromatic heterocycles. The van der Waals surface area contributed by atoms with Crippen molar-refractivity contribution in [2.45, 2.75) is 12.5 Å². The first-order chi connectivity index (χ1) is 15.2. The minimum Gasteiger partial charge on any atom is -0.497 e. The Bertz CT molecular complexity index is 1040. The maximum atomic E-state index is 14.7. The highest BCUT2D eigenvalue weighted by molar-refractivity contribution is 6.28. The van der Waals surface area contributed by atoms with Crippen LogP contribution in [0.2, 0.25) is 0 Å². The highest BCUT2D eigenvalue weighted by Gasteiger charge is 2.26. The van der Waals surface area contributed by atoms with Gasteiger partial charge in [0.05, 0.1) is 25.8 Å². The van der Waals surface area contributed by atoms with Crippen molar-refractivity contribution in [3.63, 3.8) is 0 Å². The summed E-state index contributed by atoms with van der Waals surface area (Å²) in [4.78, 5) is 30.1. The predicted molar refractivity (Wildman–Crippen MR) is 118 cm³/mol. The maximum Gasteiger partial charge on any atom is 0.255 e. The van der Waals surface area contributed by atoms with E-state index in [0.29, 0.717) is 25.3 Å². The zero-order valence-corrected chi connectivity index (χ0v) is 18.2. The molecule has 1 aliphatic heterocycles. The van der Waals surface area contributed by atoms with Crippen molar-refractivity contribution in [2.24, 2.45) is 16.5 Å². The molecule has 0 unspecified atom stereocenters. The molecule has 0 saturated carbocycles. The van der Waals surface area contributed by atoms with Crippen LogP contribution in [0.3, 0.4) is 0 Å². The van der Waals surface area contributed by atoms with Crippen LogP contribution >= 0.6 is 0 Å². The number of carbonyl (C=O) groups excluding carboxylic acids is 2. The topological polar surface area (TPSA) is 132 Å². The summed E-state index contributed by atoms with van der Waals surface area (Å²) < 4.78 is 24.9. The number of aliphatic imine (C=N–C) groups is 1. The highest BCUT2D eigenvalue weighted by atomic mass is 19.1. The van der Waals surface area contributed by atoms with Crippen molar-refractivity contribution in [1.82, 2.24) is 10.2 Å². The molecule has 0 spiro atoms. The number of rotatable bonds is 7. The molecule has 0 bridgehead atoms. The van der Waals surface area contributed by atoms with Gasteiger partial charge in [-0.1, -0.05) is 12.5 Å². The number of nitrogens with zero attached hydrogens (tertiary/aromatic N) is 2. The molecule has 2 amide bonds. The molecule has 0 radical (unpaired) electrons. The average molecular weight is 443 g/mol. The third-order valence-electron chi connectivity index (χ3n) is 4.77. The Morgan fingerprint density at radius 3 is 2.62 bits per heavy atom. The first-order valence-corrected chi connectivity index (χ1v) is 9.66. The van der Waals surface area contributed by atoms with Gasteiger partial charge >= 0.3 is 0 Å². The Morgan fingerprint density at radius 1 is 1.34 bits per heavy atom. The normalized spacial score (nSPS) is 16.4. The number of hydrogen-bond acceptors (Lipinski definition) is 7. The third kappa shape index (κ3) is 5.57. The molecule has 1 fully saturated rings. The van der Waals surface area contributed by atoms with E-state index in [1.54, 1.807) is 4.90 Å². The SMILES string of the molecule is C=CC(=O)N1CC[C@H](/N=C(C#Cc2cc(OC)cc(OC)c2F)\C(C(N)=O)=C(/N)NC)C1. The van der Waals surface area contributed by atoms with Gasteiger partial charge in [0.25, 0.3) is 5.91 Å². The Kier molecular flexibility index (Phi) is 8.24. The first kappa shape index (κ1) is 24.3. The summed E-state index contributed by atoms with van der Waals surface area (Å²) >= 11 is 0. The molecule has 1 aromatic carbocycles. The van der Waals surface area contributed by atoms with E-state index < -0.39 is 11.7 Å². The molecular formula is C22H26FN5O4. The molecular weight excluding hydrogens is 417 g/mol. The molecule has 5 N–H and O–H groups in total. The van der Waals surface area contributed by atoms with Crippen LogP contribution in [0.4, 0.5) is 4.39 Å². The van der Waals surface area contributed by atoms with E-state index in [1.807, 2.05) is 0 Å². The lowest BCUT2D eigenvalue weighted by atomic mass is 10.1. The fourth-order valence-corrected chi connectivity index (χ4v) is 3.08. The number of amides is 2. The molecule has 1 aliphatic rings. The van der Waals surface area contributed by atoms with Gasteiger partial charge in [-0.3, -0.25) is 14.6 Å². The number of benzene rings is 1. The maximum absolute atomic E-state index is 14.7. The van der Waals surface area contributed by atoms with Crippen LogP contribution in [0.25, 0.3) is 0 Å². The summed E-state index contributed by atoms with van der Waals surface area (Å²) in [7, 11) is 4.25. The zero-order chi connectivity index (χ0) is 23.8. The largest absolute Gasteiger partial charge is 0.497 e. The molecule has 0 aliphatic carbocycles. The summed E-state index contributed by atoms with van der Waals surface area (Å²) in [5.41, 5.74) is 11.2. The van der Waals surface area contributed by atoms with Gasteiger partial charge in [0.2, 0.25) is 5.91 Å². The number of methoxy groups -OCH3 is 2. The van der Waals surface area contributed by atoms with Crippen LogP contribution in [-0.2, 0) is 9.59 Å². The Morgan fingerprint density at radius 2 is 2.06 bits per heavy atom. The minimum absolute atomic E-state index is 0.0246. The van der Waals surface area contributed by atoms with Crippen molar-refractivity contribution in [1.29, 1.82) is 0 Å². The van der Waals surface area contributed by atoms with Crippen molar-refractivity contribution >= 4 is 17.5 Å². The monoisotopic (exact) mass is 443 g/mol. The van der Waals surface area contributed by atoms with Crippen molar-refractivity contribution < 1.29 is 23.5 Å². The van der Waals surface area contributed by atoms with Crippen LogP contribution in [0.15, 0.2) is 41.2 Å². The van der Waals surface area contributed by atoms with Gasteiger partial charge in [-0.25, -0.2) is 4.39 Å². The molecule has 10 heteroatoms. The van der Waals surface area contributed by atoms with Gasteiger partial charge in [-0.2, -0.15) is 0 Å². The predicted octanol–water partition coefficient (Wildman–Crippen LogP) is 0.297. The Balaban J connectivity index is 2.57. The first-order valence-electron chi connectivity index (χ1n) is 9.66. The molecule has 1 aromatic rings. The molecule has 1 atom stereocenters. The fraction of sp³-hybridized carbons (Fsp3) is 0.318. The summed E-state index contributed by atoms with van der Waals surface area (Å²) in [6.07, 6.45) is 1.76. The average Bonchev–Trinajstić information content (AvgIpc) is 3.25. The summed E-state index contributed by atoms with van der Waals surface area (Å²) in [5.74, 6) is 3.83. The molecule has 2 rings (SSSR count). The lowest BCUT2D eigenvalue weighted by Crippen LogP contribution is -2.31. The Hall–Kier alpha value is -4.00. The van der Waals surface area contributed by atoms with Crippen LogP contribution < -0.4 is 26.3 Å². The standard InChI is InChI=1S/C22H26FN5O4/c1-5-18(29)28-9-8-14(12-28)27-16(19(22(25)30)21(24)26-2)7-6-13-10-15(31-3)11-17(32-4)20(13)23/h5,10-11,14,26H,1,8-9,12,24H2,2-4H3,(H2,25,30)/b21-19-,27-16-/t14-/m0/s1. The van der Waals surface area contributed by atoms with Gasteiger partial charge in [-0.05, 0) is 24.5 Å². The second kappa shape index (κ2) is 10.9. The number of halogens is 1. The van der Waals surface area contributed by atoms with Crippen LogP contribution in [-0.4, -0.2) is 62.8 Å². The quantitative estimate of drug-likeness (QED) is 0.315. The van der Waals surface area contributed by atoms with E-state index in [0.717, 1.165) is 0 Å². The van der Waals surface area contributed by atoms with Crippen LogP contribution in [0.5, 0.6) is 11.5 Å². The Labute approximate surface area is 185 Å². The van der Waals surface area contributed by atoms with E-state index in [1.165, 1.54) is 39.5 Å². The van der Waals surface area contributed by atoms with Crippen LogP contribution in [0, 0.1) is 17.7 Å². The molecule has 170 valence electrons. The number of ether oxygens (including phenoxy) is 2. The van der Waals surface area contributed by atoms with E-state index in [4.69, 9.17) is 20.9 Å². The lowest BCUT2D eigenvalue weighted by Gasteiger charge is -2.13. The fourth-order valence-electron chi connectivity index (χ4n) is 3.08. The van der Waals surface area contributed by atoms with Gasteiger partial charge in [-0.15, -0.1) is 0 Å². The number of carbonyl (C=O) groups is 2. The van der Waals surface area contributed by atoms with E-state index in [9.17, 15) is 14.0 Å². The van der Waals surface area contributed by atoms with E-state index in [-0.39, 0.29) is 40.4 Å². The summed E-state index contributed by atoms with van der Waals surface area (Å²) in [5, 5.41) is 2.65. The molecule has 9 nitrogen and oxygen atoms in total.